The minimum atomic E-state index is -0.833. The zero-order valence-corrected chi connectivity index (χ0v) is 16.7. The molecule has 0 aliphatic carbocycles. The van der Waals surface area contributed by atoms with E-state index in [-0.39, 0.29) is 0 Å². The van der Waals surface area contributed by atoms with Crippen molar-refractivity contribution in [1.29, 1.82) is 0 Å². The van der Waals surface area contributed by atoms with E-state index in [1.165, 1.54) is 103 Å². The second-order valence-electron chi connectivity index (χ2n) is 7.60. The van der Waals surface area contributed by atoms with Gasteiger partial charge in [-0.3, -0.25) is 4.79 Å². The van der Waals surface area contributed by atoms with Gasteiger partial charge in [0.05, 0.1) is 0 Å². The van der Waals surface area contributed by atoms with Crippen LogP contribution in [0.1, 0.15) is 104 Å². The molecule has 3 nitrogen and oxygen atoms in total. The maximum absolute atomic E-state index is 9.00. The van der Waals surface area contributed by atoms with Gasteiger partial charge in [-0.2, -0.15) is 0 Å². The van der Waals surface area contributed by atoms with Crippen LogP contribution in [0, 0.1) is 5.92 Å². The summed E-state index contributed by atoms with van der Waals surface area (Å²) >= 11 is 0. The van der Waals surface area contributed by atoms with Gasteiger partial charge in [-0.1, -0.05) is 84.5 Å². The number of unbranched alkanes of at least 4 members (excludes halogenated alkanes) is 11. The van der Waals surface area contributed by atoms with Crippen molar-refractivity contribution in [3.05, 3.63) is 0 Å². The maximum Gasteiger partial charge on any atom is 0.300 e. The summed E-state index contributed by atoms with van der Waals surface area (Å²) in [7, 11) is 0. The molecule has 0 aromatic carbocycles. The topological polar surface area (TPSA) is 40.5 Å². The Balaban J connectivity index is 0.00000118. The first-order chi connectivity index (χ1) is 11.6. The van der Waals surface area contributed by atoms with E-state index in [1.54, 1.807) is 0 Å². The predicted octanol–water partition coefficient (Wildman–Crippen LogP) is 6.12. The van der Waals surface area contributed by atoms with Gasteiger partial charge < -0.3 is 10.0 Å². The highest BCUT2D eigenvalue weighted by Gasteiger charge is 2.17. The third-order valence-corrected chi connectivity index (χ3v) is 4.84. The van der Waals surface area contributed by atoms with Gasteiger partial charge in [0.2, 0.25) is 0 Å². The van der Waals surface area contributed by atoms with Gasteiger partial charge in [0.25, 0.3) is 5.97 Å². The van der Waals surface area contributed by atoms with Crippen LogP contribution in [0.3, 0.4) is 0 Å². The molecule has 0 aromatic heterocycles. The monoisotopic (exact) mass is 341 g/mol. The summed E-state index contributed by atoms with van der Waals surface area (Å²) in [5.74, 6) is 0.118. The van der Waals surface area contributed by atoms with Crippen molar-refractivity contribution in [2.24, 2.45) is 5.92 Å². The fraction of sp³-hybridized carbons (Fsp3) is 0.952. The summed E-state index contributed by atoms with van der Waals surface area (Å²) in [4.78, 5) is 11.7. The molecule has 1 heterocycles. The lowest BCUT2D eigenvalue weighted by Gasteiger charge is -2.14. The van der Waals surface area contributed by atoms with E-state index in [2.05, 4.69) is 18.7 Å². The van der Waals surface area contributed by atoms with Gasteiger partial charge in [-0.15, -0.1) is 0 Å². The lowest BCUT2D eigenvalue weighted by Crippen LogP contribution is -2.21. The molecule has 1 saturated heterocycles. The molecule has 24 heavy (non-hydrogen) atoms. The van der Waals surface area contributed by atoms with E-state index in [1.807, 2.05) is 0 Å². The van der Waals surface area contributed by atoms with E-state index >= 15 is 0 Å². The van der Waals surface area contributed by atoms with Crippen LogP contribution in [0.4, 0.5) is 0 Å². The molecule has 1 aliphatic heterocycles. The van der Waals surface area contributed by atoms with Crippen molar-refractivity contribution in [3.63, 3.8) is 0 Å². The summed E-state index contributed by atoms with van der Waals surface area (Å²) < 4.78 is 0. The number of rotatable bonds is 13. The molecule has 0 radical (unpaired) electrons. The lowest BCUT2D eigenvalue weighted by atomic mass is 10.1. The summed E-state index contributed by atoms with van der Waals surface area (Å²) in [6.45, 7) is 9.85. The van der Waals surface area contributed by atoms with Crippen LogP contribution in [0.5, 0.6) is 0 Å². The Labute approximate surface area is 151 Å². The molecule has 0 saturated carbocycles. The Hall–Kier alpha value is -0.570. The summed E-state index contributed by atoms with van der Waals surface area (Å²) in [6.07, 6.45) is 18.9. The van der Waals surface area contributed by atoms with Gasteiger partial charge in [0.1, 0.15) is 0 Å². The average Bonchev–Trinajstić information content (AvgIpc) is 2.93. The summed E-state index contributed by atoms with van der Waals surface area (Å²) in [5.41, 5.74) is 0. The van der Waals surface area contributed by atoms with Crippen LogP contribution in [-0.4, -0.2) is 35.6 Å². The molecule has 3 heteroatoms. The van der Waals surface area contributed by atoms with Crippen LogP contribution in [0.25, 0.3) is 0 Å². The van der Waals surface area contributed by atoms with Gasteiger partial charge >= 0.3 is 0 Å². The number of nitrogens with zero attached hydrogens (tertiary/aromatic N) is 1. The standard InChI is InChI=1S/C19H39N.C2H4O2/c1-3-4-5-6-7-8-9-10-11-12-13-14-16-20-17-15-19(2)18-20;1-2(3)4/h19H,3-18H2,1-2H3;1H3,(H,3,4). The van der Waals surface area contributed by atoms with Gasteiger partial charge in [-0.25, -0.2) is 0 Å². The average molecular weight is 342 g/mol. The van der Waals surface area contributed by atoms with Crippen LogP contribution >= 0.6 is 0 Å². The van der Waals surface area contributed by atoms with E-state index < -0.39 is 5.97 Å². The highest BCUT2D eigenvalue weighted by Crippen LogP contribution is 2.16. The number of carbonyl (C=O) groups is 1. The highest BCUT2D eigenvalue weighted by atomic mass is 16.4. The first-order valence-corrected chi connectivity index (χ1v) is 10.5. The highest BCUT2D eigenvalue weighted by molar-refractivity contribution is 5.62. The van der Waals surface area contributed by atoms with Crippen LogP contribution in [-0.2, 0) is 4.79 Å². The van der Waals surface area contributed by atoms with Gasteiger partial charge in [0, 0.05) is 13.5 Å². The summed E-state index contributed by atoms with van der Waals surface area (Å²) in [5, 5.41) is 7.42. The molecule has 0 aromatic rings. The number of aliphatic carboxylic acids is 1. The van der Waals surface area contributed by atoms with Crippen LogP contribution < -0.4 is 0 Å². The molecule has 1 aliphatic rings. The molecule has 0 amide bonds. The van der Waals surface area contributed by atoms with E-state index in [4.69, 9.17) is 9.90 Å². The zero-order valence-electron chi connectivity index (χ0n) is 16.7. The largest absolute Gasteiger partial charge is 0.481 e. The quantitative estimate of drug-likeness (QED) is 0.410. The molecule has 1 fully saturated rings. The normalized spacial score (nSPS) is 17.5. The molecule has 144 valence electrons. The van der Waals surface area contributed by atoms with Crippen LogP contribution in [0.2, 0.25) is 0 Å². The number of hydrogen-bond acceptors (Lipinski definition) is 2. The predicted molar refractivity (Wildman–Crippen MR) is 105 cm³/mol. The third-order valence-electron chi connectivity index (χ3n) is 4.84. The lowest BCUT2D eigenvalue weighted by molar-refractivity contribution is -0.134. The van der Waals surface area contributed by atoms with Crippen molar-refractivity contribution in [1.82, 2.24) is 4.90 Å². The summed E-state index contributed by atoms with van der Waals surface area (Å²) in [6, 6.07) is 0. The maximum atomic E-state index is 9.00. The fourth-order valence-corrected chi connectivity index (χ4v) is 3.41. The second-order valence-corrected chi connectivity index (χ2v) is 7.60. The Morgan fingerprint density at radius 2 is 1.33 bits per heavy atom. The van der Waals surface area contributed by atoms with Gasteiger partial charge in [-0.05, 0) is 31.8 Å². The van der Waals surface area contributed by atoms with E-state index in [9.17, 15) is 0 Å². The first kappa shape index (κ1) is 23.4. The zero-order chi connectivity index (χ0) is 18.0. The first-order valence-electron chi connectivity index (χ1n) is 10.5. The Bertz CT molecular complexity index is 277. The Morgan fingerprint density at radius 3 is 1.71 bits per heavy atom. The number of hydrogen-bond donors (Lipinski definition) is 1. The SMILES string of the molecule is CC(=O)O.CCCCCCCCCCCCCCN1CCC(C)C1. The van der Waals surface area contributed by atoms with Crippen molar-refractivity contribution in [2.75, 3.05) is 19.6 Å². The van der Waals surface area contributed by atoms with Crippen molar-refractivity contribution in [2.45, 2.75) is 104 Å². The molecule has 1 N–H and O–H groups in total. The van der Waals surface area contributed by atoms with Gasteiger partial charge in [0.15, 0.2) is 0 Å². The van der Waals surface area contributed by atoms with Crippen molar-refractivity contribution >= 4 is 5.97 Å². The molecule has 1 atom stereocenters. The molecular formula is C21H43NO2. The molecule has 0 spiro atoms. The van der Waals surface area contributed by atoms with Crippen molar-refractivity contribution in [3.8, 4) is 0 Å². The fourth-order valence-electron chi connectivity index (χ4n) is 3.41. The molecule has 1 unspecified atom stereocenters. The number of carboxylic acid groups (broad SMARTS) is 1. The molecule has 1 rings (SSSR count). The van der Waals surface area contributed by atoms with E-state index in [0.29, 0.717) is 0 Å². The molecular weight excluding hydrogens is 298 g/mol. The minimum absolute atomic E-state index is 0.833. The second kappa shape index (κ2) is 17.3. The van der Waals surface area contributed by atoms with Crippen LogP contribution in [0.15, 0.2) is 0 Å². The molecule has 0 bridgehead atoms. The Morgan fingerprint density at radius 1 is 0.917 bits per heavy atom. The third kappa shape index (κ3) is 17.8. The number of likely N-dealkylation sites (tertiary alicyclic amines) is 1. The minimum Gasteiger partial charge on any atom is -0.481 e. The smallest absolute Gasteiger partial charge is 0.300 e. The Kier molecular flexibility index (Phi) is 16.8. The van der Waals surface area contributed by atoms with Crippen molar-refractivity contribution < 1.29 is 9.90 Å². The van der Waals surface area contributed by atoms with E-state index in [0.717, 1.165) is 12.8 Å². The number of carboxylic acids is 1.